The highest BCUT2D eigenvalue weighted by Gasteiger charge is 2.17. The van der Waals surface area contributed by atoms with Gasteiger partial charge in [0.1, 0.15) is 5.75 Å². The normalized spacial score (nSPS) is 10.9. The van der Waals surface area contributed by atoms with Crippen LogP contribution in [0.15, 0.2) is 54.7 Å². The fourth-order valence-corrected chi connectivity index (χ4v) is 4.25. The van der Waals surface area contributed by atoms with Crippen molar-refractivity contribution < 1.29 is 9.90 Å². The van der Waals surface area contributed by atoms with Gasteiger partial charge in [-0.05, 0) is 68.7 Å². The Morgan fingerprint density at radius 2 is 1.62 bits per heavy atom. The summed E-state index contributed by atoms with van der Waals surface area (Å²) in [6.07, 6.45) is 1.66. The summed E-state index contributed by atoms with van der Waals surface area (Å²) in [7, 11) is 0. The second kappa shape index (κ2) is 8.52. The molecule has 4 rings (SSSR count). The number of phenols is 1. The third-order valence-electron chi connectivity index (χ3n) is 5.45. The van der Waals surface area contributed by atoms with Crippen molar-refractivity contribution in [1.29, 1.82) is 0 Å². The second-order valence-corrected chi connectivity index (χ2v) is 8.45. The molecule has 0 radical (unpaired) electrons. The minimum absolute atomic E-state index is 0.224. The molecule has 162 valence electrons. The van der Waals surface area contributed by atoms with E-state index in [1.165, 1.54) is 0 Å². The minimum atomic E-state index is -0.409. The topological polar surface area (TPSA) is 74.2 Å². The van der Waals surface area contributed by atoms with E-state index in [-0.39, 0.29) is 5.75 Å². The first kappa shape index (κ1) is 21.7. The molecule has 1 aromatic heterocycles. The smallest absolute Gasteiger partial charge is 0.323 e. The van der Waals surface area contributed by atoms with E-state index in [1.54, 1.807) is 32.2 Å². The van der Waals surface area contributed by atoms with Gasteiger partial charge in [-0.15, -0.1) is 0 Å². The van der Waals surface area contributed by atoms with E-state index in [9.17, 15) is 9.90 Å². The molecule has 0 aliphatic rings. The van der Waals surface area contributed by atoms with Crippen molar-refractivity contribution in [1.82, 2.24) is 4.98 Å². The Hall–Kier alpha value is -3.57. The summed E-state index contributed by atoms with van der Waals surface area (Å²) >= 11 is 6.55. The first-order valence-electron chi connectivity index (χ1n) is 10.3. The molecular formula is C26H24ClN3O2. The number of amides is 2. The van der Waals surface area contributed by atoms with Crippen LogP contribution in [0.4, 0.5) is 16.2 Å². The average molecular weight is 446 g/mol. The van der Waals surface area contributed by atoms with Gasteiger partial charge in [-0.2, -0.15) is 0 Å². The van der Waals surface area contributed by atoms with Crippen LogP contribution in [-0.2, 0) is 0 Å². The van der Waals surface area contributed by atoms with Gasteiger partial charge in [0.05, 0.1) is 17.4 Å². The largest absolute Gasteiger partial charge is 0.507 e. The van der Waals surface area contributed by atoms with Gasteiger partial charge in [0.15, 0.2) is 0 Å². The molecule has 2 amide bonds. The number of anilines is 2. The van der Waals surface area contributed by atoms with Crippen LogP contribution in [0.25, 0.3) is 22.0 Å². The number of urea groups is 1. The molecule has 3 N–H and O–H groups in total. The number of pyridine rings is 1. The molecule has 6 heteroatoms. The van der Waals surface area contributed by atoms with Gasteiger partial charge in [0, 0.05) is 27.2 Å². The summed E-state index contributed by atoms with van der Waals surface area (Å²) < 4.78 is 0. The first-order chi connectivity index (χ1) is 15.2. The molecule has 4 aromatic rings. The van der Waals surface area contributed by atoms with Crippen LogP contribution in [0.2, 0.25) is 5.02 Å². The number of aromatic nitrogens is 1. The van der Waals surface area contributed by atoms with Crippen molar-refractivity contribution in [3.05, 3.63) is 82.0 Å². The Balaban J connectivity index is 1.80. The van der Waals surface area contributed by atoms with Crippen LogP contribution in [0.3, 0.4) is 0 Å². The van der Waals surface area contributed by atoms with Crippen LogP contribution >= 0.6 is 11.6 Å². The van der Waals surface area contributed by atoms with Gasteiger partial charge < -0.3 is 15.7 Å². The third kappa shape index (κ3) is 4.12. The highest BCUT2D eigenvalue weighted by molar-refractivity contribution is 6.34. The number of hydrogen-bond donors (Lipinski definition) is 3. The van der Waals surface area contributed by atoms with E-state index in [1.807, 2.05) is 38.1 Å². The SMILES string of the molecule is Cc1cc(C)c2ncc(NC(=O)Nc3cc(C)c(O)c(C)c3)c(-c3ccccc3Cl)c2c1. The molecular weight excluding hydrogens is 422 g/mol. The van der Waals surface area contributed by atoms with E-state index in [0.717, 1.165) is 33.2 Å². The van der Waals surface area contributed by atoms with E-state index < -0.39 is 6.03 Å². The fraction of sp³-hybridized carbons (Fsp3) is 0.154. The number of phenolic OH excluding ortho intramolecular Hbond substituents is 1. The monoisotopic (exact) mass is 445 g/mol. The Morgan fingerprint density at radius 3 is 2.31 bits per heavy atom. The maximum Gasteiger partial charge on any atom is 0.323 e. The number of benzene rings is 3. The molecule has 0 atom stereocenters. The number of carbonyl (C=O) groups is 1. The van der Waals surface area contributed by atoms with Gasteiger partial charge in [0.2, 0.25) is 0 Å². The summed E-state index contributed by atoms with van der Waals surface area (Å²) in [5.41, 5.74) is 7.18. The molecule has 0 bridgehead atoms. The number of rotatable bonds is 3. The Morgan fingerprint density at radius 1 is 0.938 bits per heavy atom. The molecule has 0 spiro atoms. The lowest BCUT2D eigenvalue weighted by atomic mass is 9.96. The standard InChI is InChI=1S/C26H24ClN3O2/c1-14-9-15(2)24-20(10-14)23(19-7-5-6-8-21(19)27)22(13-28-24)30-26(32)29-18-11-16(3)25(31)17(4)12-18/h5-13,31H,1-4H3,(H2,29,30,32). The van der Waals surface area contributed by atoms with Gasteiger partial charge in [-0.3, -0.25) is 4.98 Å². The van der Waals surface area contributed by atoms with E-state index in [2.05, 4.69) is 27.8 Å². The van der Waals surface area contributed by atoms with Crippen LogP contribution in [-0.4, -0.2) is 16.1 Å². The molecule has 0 aliphatic carbocycles. The third-order valence-corrected chi connectivity index (χ3v) is 5.78. The molecule has 0 saturated carbocycles. The number of hydrogen-bond acceptors (Lipinski definition) is 3. The summed E-state index contributed by atoms with van der Waals surface area (Å²) in [5.74, 6) is 0.224. The Kier molecular flexibility index (Phi) is 5.76. The molecule has 0 unspecified atom stereocenters. The highest BCUT2D eigenvalue weighted by Crippen LogP contribution is 2.39. The van der Waals surface area contributed by atoms with Crippen LogP contribution < -0.4 is 10.6 Å². The quantitative estimate of drug-likeness (QED) is 0.293. The van der Waals surface area contributed by atoms with Gasteiger partial charge in [-0.1, -0.05) is 41.4 Å². The number of aryl methyl sites for hydroxylation is 4. The molecule has 0 fully saturated rings. The van der Waals surface area contributed by atoms with E-state index >= 15 is 0 Å². The number of aromatic hydroxyl groups is 1. The summed E-state index contributed by atoms with van der Waals surface area (Å²) in [6, 6.07) is 14.7. The Bertz CT molecular complexity index is 1340. The maximum atomic E-state index is 12.9. The number of fused-ring (bicyclic) bond motifs is 1. The zero-order valence-electron chi connectivity index (χ0n) is 18.4. The Labute approximate surface area is 192 Å². The van der Waals surface area contributed by atoms with Crippen molar-refractivity contribution in [2.75, 3.05) is 10.6 Å². The second-order valence-electron chi connectivity index (χ2n) is 8.04. The lowest BCUT2D eigenvalue weighted by molar-refractivity contribution is 0.262. The van der Waals surface area contributed by atoms with Crippen molar-refractivity contribution in [2.45, 2.75) is 27.7 Å². The fourth-order valence-electron chi connectivity index (χ4n) is 4.02. The van der Waals surface area contributed by atoms with E-state index in [0.29, 0.717) is 27.5 Å². The number of halogens is 1. The first-order valence-corrected chi connectivity index (χ1v) is 10.7. The van der Waals surface area contributed by atoms with Gasteiger partial charge >= 0.3 is 6.03 Å². The highest BCUT2D eigenvalue weighted by atomic mass is 35.5. The molecule has 0 saturated heterocycles. The van der Waals surface area contributed by atoms with Crippen LogP contribution in [0, 0.1) is 27.7 Å². The molecule has 1 heterocycles. The molecule has 32 heavy (non-hydrogen) atoms. The van der Waals surface area contributed by atoms with E-state index in [4.69, 9.17) is 11.6 Å². The van der Waals surface area contributed by atoms with Crippen LogP contribution in [0.1, 0.15) is 22.3 Å². The molecule has 5 nitrogen and oxygen atoms in total. The van der Waals surface area contributed by atoms with Crippen molar-refractivity contribution >= 4 is 39.9 Å². The van der Waals surface area contributed by atoms with Crippen molar-refractivity contribution in [3.63, 3.8) is 0 Å². The number of nitrogens with one attached hydrogen (secondary N) is 2. The van der Waals surface area contributed by atoms with Crippen molar-refractivity contribution in [3.8, 4) is 16.9 Å². The number of nitrogens with zero attached hydrogens (tertiary/aromatic N) is 1. The zero-order chi connectivity index (χ0) is 23.0. The van der Waals surface area contributed by atoms with Crippen LogP contribution in [0.5, 0.6) is 5.75 Å². The predicted molar refractivity (Wildman–Crippen MR) is 132 cm³/mol. The summed E-state index contributed by atoms with van der Waals surface area (Å²) in [4.78, 5) is 17.5. The molecule has 3 aromatic carbocycles. The number of carbonyl (C=O) groups excluding carboxylic acids is 1. The summed E-state index contributed by atoms with van der Waals surface area (Å²) in [6.45, 7) is 7.64. The van der Waals surface area contributed by atoms with Crippen molar-refractivity contribution in [2.24, 2.45) is 0 Å². The molecule has 0 aliphatic heterocycles. The zero-order valence-corrected chi connectivity index (χ0v) is 19.1. The average Bonchev–Trinajstić information content (AvgIpc) is 2.72. The van der Waals surface area contributed by atoms with Gasteiger partial charge in [-0.25, -0.2) is 4.79 Å². The summed E-state index contributed by atoms with van der Waals surface area (Å²) in [5, 5.41) is 17.3. The lowest BCUT2D eigenvalue weighted by Gasteiger charge is -2.17. The predicted octanol–water partition coefficient (Wildman–Crippen LogP) is 7.14. The minimum Gasteiger partial charge on any atom is -0.507 e. The van der Waals surface area contributed by atoms with Gasteiger partial charge in [0.25, 0.3) is 0 Å². The lowest BCUT2D eigenvalue weighted by Crippen LogP contribution is -2.20. The maximum absolute atomic E-state index is 12.9.